The molecule has 0 bridgehead atoms. The molecule has 3 aliphatic heterocycles. The monoisotopic (exact) mass is 503 g/mol. The molecule has 4 rings (SSSR count). The summed E-state index contributed by atoms with van der Waals surface area (Å²) >= 11 is 0. The van der Waals surface area contributed by atoms with Crippen molar-refractivity contribution in [3.63, 3.8) is 0 Å². The van der Waals surface area contributed by atoms with E-state index in [1.165, 1.54) is 0 Å². The first-order valence-electron chi connectivity index (χ1n) is 12.6. The largest absolute Gasteiger partial charge is 0.480 e. The summed E-state index contributed by atoms with van der Waals surface area (Å²) in [5, 5.41) is 24.9. The van der Waals surface area contributed by atoms with Crippen molar-refractivity contribution in [2.24, 2.45) is 5.10 Å². The molecule has 3 saturated heterocycles. The lowest BCUT2D eigenvalue weighted by Crippen LogP contribution is -2.49. The first kappa shape index (κ1) is 26.5. The van der Waals surface area contributed by atoms with Crippen LogP contribution in [0.5, 0.6) is 0 Å². The second-order valence-electron chi connectivity index (χ2n) is 10.1. The molecular weight excluding hydrogens is 466 g/mol. The number of benzene rings is 1. The Morgan fingerprint density at radius 1 is 1.11 bits per heavy atom. The van der Waals surface area contributed by atoms with Crippen LogP contribution >= 0.6 is 0 Å². The van der Waals surface area contributed by atoms with Gasteiger partial charge in [0.25, 0.3) is 0 Å². The molecule has 198 valence electrons. The Kier molecular flexibility index (Phi) is 8.91. The third-order valence-corrected chi connectivity index (χ3v) is 7.29. The molecule has 3 N–H and O–H groups in total. The summed E-state index contributed by atoms with van der Waals surface area (Å²) in [6.07, 6.45) is 4.20. The van der Waals surface area contributed by atoms with Crippen molar-refractivity contribution in [3.8, 4) is 0 Å². The number of likely N-dealkylation sites (N-methyl/N-ethyl adjacent to an activating group) is 1. The van der Waals surface area contributed by atoms with Gasteiger partial charge in [-0.3, -0.25) is 19.5 Å². The van der Waals surface area contributed by atoms with E-state index in [1.54, 1.807) is 0 Å². The van der Waals surface area contributed by atoms with E-state index in [1.807, 2.05) is 11.1 Å². The van der Waals surface area contributed by atoms with Crippen molar-refractivity contribution in [2.45, 2.75) is 43.4 Å². The van der Waals surface area contributed by atoms with Crippen LogP contribution in [0.2, 0.25) is 0 Å². The van der Waals surface area contributed by atoms with Crippen molar-refractivity contribution in [3.05, 3.63) is 35.4 Å². The van der Waals surface area contributed by atoms with E-state index in [9.17, 15) is 9.59 Å². The highest BCUT2D eigenvalue weighted by Crippen LogP contribution is 2.36. The zero-order valence-corrected chi connectivity index (χ0v) is 20.8. The molecule has 0 spiro atoms. The van der Waals surface area contributed by atoms with Crippen LogP contribution in [0, 0.1) is 0 Å². The van der Waals surface area contributed by atoms with Gasteiger partial charge in [0, 0.05) is 45.7 Å². The molecule has 11 nitrogen and oxygen atoms in total. The van der Waals surface area contributed by atoms with Crippen LogP contribution in [-0.2, 0) is 19.2 Å². The number of rotatable bonds is 10. The Labute approximate surface area is 211 Å². The van der Waals surface area contributed by atoms with Crippen molar-refractivity contribution in [2.75, 3.05) is 59.5 Å². The molecule has 0 aromatic heterocycles. The number of hydrogen-bond acceptors (Lipinski definition) is 9. The van der Waals surface area contributed by atoms with Gasteiger partial charge < -0.3 is 19.8 Å². The number of carboxylic acid groups (broad SMARTS) is 2. The van der Waals surface area contributed by atoms with Gasteiger partial charge >= 0.3 is 11.9 Å². The SMILES string of the molecule is CN1CCN(N=Cc2ccc(C3CC(CC4(OCC(=O)O)CCN(CC(=O)O)CC4)ON3)cc2)CC1. The highest BCUT2D eigenvalue weighted by atomic mass is 16.7. The molecule has 0 amide bonds. The van der Waals surface area contributed by atoms with Gasteiger partial charge in [-0.1, -0.05) is 24.3 Å². The van der Waals surface area contributed by atoms with E-state index >= 15 is 0 Å². The molecule has 3 aliphatic rings. The summed E-state index contributed by atoms with van der Waals surface area (Å²) < 4.78 is 5.88. The Bertz CT molecular complexity index is 910. The minimum Gasteiger partial charge on any atom is -0.480 e. The number of piperidine rings is 1. The quantitative estimate of drug-likeness (QED) is 0.398. The minimum atomic E-state index is -1.01. The number of aliphatic carboxylic acids is 2. The second kappa shape index (κ2) is 12.1. The molecule has 36 heavy (non-hydrogen) atoms. The van der Waals surface area contributed by atoms with Crippen LogP contribution < -0.4 is 5.48 Å². The van der Waals surface area contributed by atoms with Crippen molar-refractivity contribution >= 4 is 18.2 Å². The molecule has 2 atom stereocenters. The van der Waals surface area contributed by atoms with Gasteiger partial charge in [0.2, 0.25) is 0 Å². The van der Waals surface area contributed by atoms with E-state index in [0.717, 1.165) is 43.7 Å². The van der Waals surface area contributed by atoms with Gasteiger partial charge in [-0.05, 0) is 37.4 Å². The fraction of sp³-hybridized carbons (Fsp3) is 0.640. The Morgan fingerprint density at radius 3 is 2.44 bits per heavy atom. The number of nitrogens with zero attached hydrogens (tertiary/aromatic N) is 4. The molecular formula is C25H37N5O6. The number of hydroxylamine groups is 1. The van der Waals surface area contributed by atoms with Gasteiger partial charge in [-0.25, -0.2) is 4.79 Å². The van der Waals surface area contributed by atoms with Crippen LogP contribution in [-0.4, -0.2) is 114 Å². The van der Waals surface area contributed by atoms with Gasteiger partial charge in [0.05, 0.1) is 30.5 Å². The lowest BCUT2D eigenvalue weighted by Gasteiger charge is -2.42. The molecule has 11 heteroatoms. The number of carbonyl (C=O) groups is 2. The topological polar surface area (TPSA) is 127 Å². The predicted octanol–water partition coefficient (Wildman–Crippen LogP) is 1.01. The molecule has 3 heterocycles. The minimum absolute atomic E-state index is 0.0192. The fourth-order valence-electron chi connectivity index (χ4n) is 5.09. The molecule has 1 aromatic carbocycles. The van der Waals surface area contributed by atoms with Crippen LogP contribution in [0.1, 0.15) is 42.9 Å². The molecule has 3 fully saturated rings. The number of hydrazone groups is 1. The third-order valence-electron chi connectivity index (χ3n) is 7.29. The lowest BCUT2D eigenvalue weighted by molar-refractivity contribution is -0.159. The highest BCUT2D eigenvalue weighted by molar-refractivity contribution is 5.79. The molecule has 1 aromatic rings. The average Bonchev–Trinajstić information content (AvgIpc) is 3.32. The number of nitrogens with one attached hydrogen (secondary N) is 1. The van der Waals surface area contributed by atoms with E-state index in [0.29, 0.717) is 32.4 Å². The summed E-state index contributed by atoms with van der Waals surface area (Å²) in [4.78, 5) is 32.3. The van der Waals surface area contributed by atoms with Crippen molar-refractivity contribution in [1.82, 2.24) is 20.3 Å². The Morgan fingerprint density at radius 2 is 1.81 bits per heavy atom. The van der Waals surface area contributed by atoms with Crippen molar-refractivity contribution in [1.29, 1.82) is 0 Å². The van der Waals surface area contributed by atoms with Crippen molar-refractivity contribution < 1.29 is 29.4 Å². The van der Waals surface area contributed by atoms with E-state index in [-0.39, 0.29) is 25.3 Å². The van der Waals surface area contributed by atoms with E-state index in [4.69, 9.17) is 19.8 Å². The summed E-state index contributed by atoms with van der Waals surface area (Å²) in [6.45, 7) is 4.62. The average molecular weight is 504 g/mol. The van der Waals surface area contributed by atoms with E-state index < -0.39 is 17.5 Å². The number of hydrogen-bond donors (Lipinski definition) is 3. The summed E-state index contributed by atoms with van der Waals surface area (Å²) in [6, 6.07) is 8.30. The van der Waals surface area contributed by atoms with Gasteiger partial charge in [-0.2, -0.15) is 10.6 Å². The molecule has 0 saturated carbocycles. The van der Waals surface area contributed by atoms with Gasteiger partial charge in [0.15, 0.2) is 0 Å². The third kappa shape index (κ3) is 7.47. The normalized spacial score (nSPS) is 25.4. The lowest BCUT2D eigenvalue weighted by atomic mass is 9.84. The summed E-state index contributed by atoms with van der Waals surface area (Å²) in [5.74, 6) is -1.88. The van der Waals surface area contributed by atoms with Crippen LogP contribution in [0.3, 0.4) is 0 Å². The number of ether oxygens (including phenoxy) is 1. The maximum absolute atomic E-state index is 11.2. The van der Waals surface area contributed by atoms with Crippen LogP contribution in [0.25, 0.3) is 0 Å². The highest BCUT2D eigenvalue weighted by Gasteiger charge is 2.41. The smallest absolute Gasteiger partial charge is 0.329 e. The maximum Gasteiger partial charge on any atom is 0.329 e. The zero-order valence-electron chi connectivity index (χ0n) is 20.8. The fourth-order valence-corrected chi connectivity index (χ4v) is 5.09. The van der Waals surface area contributed by atoms with Crippen LogP contribution in [0.4, 0.5) is 0 Å². The number of carboxylic acids is 2. The molecule has 2 unspecified atom stereocenters. The zero-order chi connectivity index (χ0) is 25.5. The summed E-state index contributed by atoms with van der Waals surface area (Å²) in [7, 11) is 2.12. The first-order chi connectivity index (χ1) is 17.3. The standard InChI is InChI=1S/C25H37N5O6/c1-28-10-12-30(13-11-28)26-16-19-2-4-20(5-3-19)22-14-21(36-27-22)15-25(35-18-24(33)34)6-8-29(9-7-25)17-23(31)32/h2-5,16,21-22,27H,6-15,17-18H2,1H3,(H,31,32)(H,33,34). The second-order valence-corrected chi connectivity index (χ2v) is 10.1. The van der Waals surface area contributed by atoms with Gasteiger partial charge in [-0.15, -0.1) is 0 Å². The molecule has 0 aliphatic carbocycles. The maximum atomic E-state index is 11.2. The van der Waals surface area contributed by atoms with Gasteiger partial charge in [0.1, 0.15) is 6.61 Å². The predicted molar refractivity (Wildman–Crippen MR) is 133 cm³/mol. The summed E-state index contributed by atoms with van der Waals surface area (Å²) in [5.41, 5.74) is 4.65. The van der Waals surface area contributed by atoms with Crippen LogP contribution in [0.15, 0.2) is 29.4 Å². The molecule has 0 radical (unpaired) electrons. The number of piperazine rings is 1. The Balaban J connectivity index is 1.31. The van der Waals surface area contributed by atoms with E-state index in [2.05, 4.69) is 51.8 Å². The number of likely N-dealkylation sites (tertiary alicyclic amines) is 1. The first-order valence-corrected chi connectivity index (χ1v) is 12.6. The Hall–Kier alpha value is -2.57.